The second-order valence-corrected chi connectivity index (χ2v) is 10.5. The van der Waals surface area contributed by atoms with E-state index in [-0.39, 0.29) is 0 Å². The summed E-state index contributed by atoms with van der Waals surface area (Å²) in [6.45, 7) is 2.29. The Morgan fingerprint density at radius 3 is 1.83 bits per heavy atom. The highest BCUT2D eigenvalue weighted by atomic mass is 19.5. The molecule has 2 aliphatic rings. The van der Waals surface area contributed by atoms with Crippen LogP contribution in [0.25, 0.3) is 39.3 Å². The van der Waals surface area contributed by atoms with Crippen LogP contribution < -0.4 is 4.57 Å². The smallest absolute Gasteiger partial charge is 0.418 e. The topological polar surface area (TPSA) is 3.88 Å². The lowest BCUT2D eigenvalue weighted by Crippen LogP contribution is -2.41. The summed E-state index contributed by atoms with van der Waals surface area (Å²) in [5, 5.41) is 0. The molecule has 0 unspecified atom stereocenters. The van der Waals surface area contributed by atoms with Crippen LogP contribution in [0, 0.1) is 0 Å². The first kappa shape index (κ1) is 27.0. The van der Waals surface area contributed by atoms with Crippen LogP contribution in [-0.4, -0.2) is 7.25 Å². The number of halogens is 4. The SMILES string of the molecule is CCc1cccc2c1-c1c(c(-c3ccccc3)c3c([n+]1-c1ccccc1)-c1ccccc1CC3)CC2.F[B-](F)(F)F. The van der Waals surface area contributed by atoms with Crippen LogP contribution in [0.2, 0.25) is 0 Å². The Morgan fingerprint density at radius 2 is 1.15 bits per heavy atom. The fraction of sp³-hybridized carbons (Fsp3) is 0.171. The van der Waals surface area contributed by atoms with Gasteiger partial charge in [0.05, 0.1) is 11.1 Å². The van der Waals surface area contributed by atoms with Crippen molar-refractivity contribution in [3.8, 4) is 39.3 Å². The van der Waals surface area contributed by atoms with E-state index in [2.05, 4.69) is 115 Å². The van der Waals surface area contributed by atoms with E-state index in [1.807, 2.05) is 0 Å². The fourth-order valence-corrected chi connectivity index (χ4v) is 6.57. The molecular formula is C35H30BF4N. The molecule has 1 nitrogen and oxygen atoms in total. The second-order valence-electron chi connectivity index (χ2n) is 10.5. The Labute approximate surface area is 238 Å². The molecule has 41 heavy (non-hydrogen) atoms. The minimum Gasteiger partial charge on any atom is -0.418 e. The van der Waals surface area contributed by atoms with Gasteiger partial charge in [-0.2, -0.15) is 4.57 Å². The lowest BCUT2D eigenvalue weighted by molar-refractivity contribution is -0.573. The van der Waals surface area contributed by atoms with Gasteiger partial charge in [0.15, 0.2) is 0 Å². The van der Waals surface area contributed by atoms with Gasteiger partial charge >= 0.3 is 7.25 Å². The largest absolute Gasteiger partial charge is 0.673 e. The Morgan fingerprint density at radius 1 is 0.585 bits per heavy atom. The molecule has 6 heteroatoms. The molecule has 4 aromatic carbocycles. The molecule has 7 rings (SSSR count). The number of hydrogen-bond acceptors (Lipinski definition) is 0. The van der Waals surface area contributed by atoms with Crippen LogP contribution >= 0.6 is 0 Å². The highest BCUT2D eigenvalue weighted by Crippen LogP contribution is 2.46. The van der Waals surface area contributed by atoms with E-state index >= 15 is 0 Å². The molecule has 0 bridgehead atoms. The average molecular weight is 551 g/mol. The van der Waals surface area contributed by atoms with Crippen LogP contribution in [0.1, 0.15) is 34.7 Å². The molecule has 1 aromatic heterocycles. The highest BCUT2D eigenvalue weighted by molar-refractivity contribution is 6.50. The van der Waals surface area contributed by atoms with Crippen LogP contribution in [0.15, 0.2) is 103 Å². The number of aryl methyl sites for hydroxylation is 3. The molecule has 0 saturated heterocycles. The van der Waals surface area contributed by atoms with Gasteiger partial charge in [-0.15, -0.1) is 0 Å². The number of nitrogens with zero attached hydrogens (tertiary/aromatic N) is 1. The van der Waals surface area contributed by atoms with Gasteiger partial charge in [-0.1, -0.05) is 91.9 Å². The van der Waals surface area contributed by atoms with Gasteiger partial charge < -0.3 is 17.3 Å². The number of para-hydroxylation sites is 1. The maximum absolute atomic E-state index is 9.75. The third-order valence-electron chi connectivity index (χ3n) is 8.12. The third kappa shape index (κ3) is 5.19. The number of aromatic nitrogens is 1. The van der Waals surface area contributed by atoms with Gasteiger partial charge in [-0.3, -0.25) is 0 Å². The van der Waals surface area contributed by atoms with E-state index in [1.165, 1.54) is 67.1 Å². The molecule has 1 heterocycles. The monoisotopic (exact) mass is 551 g/mol. The van der Waals surface area contributed by atoms with E-state index in [0.29, 0.717) is 0 Å². The Balaban J connectivity index is 0.000000559. The zero-order valence-corrected chi connectivity index (χ0v) is 22.9. The summed E-state index contributed by atoms with van der Waals surface area (Å²) in [7, 11) is -6.00. The standard InChI is InChI=1S/C35H30N.BF4/c1-2-24-15-11-16-27-21-23-31-33(26-13-5-3-6-14-26)30-22-20-25-12-9-10-19-29(25)34(30)36(35(31)32(24)27)28-17-7-4-8-18-28;2-1(3,4)5/h3-19H,2,20-23H2,1H3;/q+1;-1. The number of rotatable bonds is 3. The Hall–Kier alpha value is -4.19. The van der Waals surface area contributed by atoms with Gasteiger partial charge in [0, 0.05) is 28.8 Å². The maximum atomic E-state index is 9.75. The third-order valence-corrected chi connectivity index (χ3v) is 8.12. The molecule has 0 spiro atoms. The van der Waals surface area contributed by atoms with Crippen molar-refractivity contribution in [3.05, 3.63) is 131 Å². The van der Waals surface area contributed by atoms with Gasteiger partial charge in [0.2, 0.25) is 17.1 Å². The van der Waals surface area contributed by atoms with Gasteiger partial charge in [-0.05, 0) is 60.4 Å². The molecule has 0 radical (unpaired) electrons. The van der Waals surface area contributed by atoms with Gasteiger partial charge in [0.25, 0.3) is 0 Å². The highest BCUT2D eigenvalue weighted by Gasteiger charge is 2.39. The van der Waals surface area contributed by atoms with Gasteiger partial charge in [0.1, 0.15) is 0 Å². The quantitative estimate of drug-likeness (QED) is 0.120. The Bertz CT molecular complexity index is 1690. The predicted molar refractivity (Wildman–Crippen MR) is 159 cm³/mol. The second kappa shape index (κ2) is 11.0. The van der Waals surface area contributed by atoms with Crippen molar-refractivity contribution in [2.45, 2.75) is 39.0 Å². The minimum atomic E-state index is -6.00. The van der Waals surface area contributed by atoms with Crippen LogP contribution in [0.5, 0.6) is 0 Å². The first-order valence-corrected chi connectivity index (χ1v) is 14.2. The summed E-state index contributed by atoms with van der Waals surface area (Å²) >= 11 is 0. The van der Waals surface area contributed by atoms with Crippen molar-refractivity contribution in [1.29, 1.82) is 0 Å². The van der Waals surface area contributed by atoms with Gasteiger partial charge in [-0.25, -0.2) is 0 Å². The van der Waals surface area contributed by atoms with E-state index in [0.717, 1.165) is 32.1 Å². The van der Waals surface area contributed by atoms with Crippen molar-refractivity contribution < 1.29 is 21.8 Å². The van der Waals surface area contributed by atoms with E-state index in [4.69, 9.17) is 0 Å². The molecule has 0 atom stereocenters. The molecule has 2 aliphatic carbocycles. The molecule has 0 N–H and O–H groups in total. The van der Waals surface area contributed by atoms with Crippen molar-refractivity contribution in [2.24, 2.45) is 0 Å². The van der Waals surface area contributed by atoms with Crippen molar-refractivity contribution >= 4 is 7.25 Å². The normalized spacial score (nSPS) is 13.2. The molecule has 5 aromatic rings. The molecule has 206 valence electrons. The first-order valence-electron chi connectivity index (χ1n) is 14.2. The number of fused-ring (bicyclic) bond motifs is 6. The summed E-state index contributed by atoms with van der Waals surface area (Å²) in [5.41, 5.74) is 17.1. The molecular weight excluding hydrogens is 521 g/mol. The summed E-state index contributed by atoms with van der Waals surface area (Å²) in [6.07, 6.45) is 5.36. The lowest BCUT2D eigenvalue weighted by atomic mass is 9.76. The zero-order chi connectivity index (χ0) is 28.6. The summed E-state index contributed by atoms with van der Waals surface area (Å²) < 4.78 is 41.6. The van der Waals surface area contributed by atoms with Crippen molar-refractivity contribution in [1.82, 2.24) is 0 Å². The zero-order valence-electron chi connectivity index (χ0n) is 22.9. The number of benzene rings is 4. The van der Waals surface area contributed by atoms with Crippen LogP contribution in [-0.2, 0) is 32.1 Å². The van der Waals surface area contributed by atoms with Crippen molar-refractivity contribution in [2.75, 3.05) is 0 Å². The van der Waals surface area contributed by atoms with Crippen molar-refractivity contribution in [3.63, 3.8) is 0 Å². The minimum absolute atomic E-state index is 1.03. The fourth-order valence-electron chi connectivity index (χ4n) is 6.57. The maximum Gasteiger partial charge on any atom is 0.673 e. The molecule has 0 fully saturated rings. The summed E-state index contributed by atoms with van der Waals surface area (Å²) in [6, 6.07) is 38.2. The number of hydrogen-bond donors (Lipinski definition) is 0. The van der Waals surface area contributed by atoms with E-state index in [9.17, 15) is 17.3 Å². The van der Waals surface area contributed by atoms with Crippen LogP contribution in [0.3, 0.4) is 0 Å². The first-order chi connectivity index (χ1) is 19.8. The lowest BCUT2D eigenvalue weighted by Gasteiger charge is -2.29. The predicted octanol–water partition coefficient (Wildman–Crippen LogP) is 9.02. The molecule has 0 saturated carbocycles. The summed E-state index contributed by atoms with van der Waals surface area (Å²) in [5.74, 6) is 0. The van der Waals surface area contributed by atoms with E-state index in [1.54, 1.807) is 0 Å². The molecule has 0 aliphatic heterocycles. The summed E-state index contributed by atoms with van der Waals surface area (Å²) in [4.78, 5) is 0. The van der Waals surface area contributed by atoms with E-state index < -0.39 is 7.25 Å². The molecule has 0 amide bonds. The van der Waals surface area contributed by atoms with Crippen LogP contribution in [0.4, 0.5) is 17.3 Å². The average Bonchev–Trinajstić information content (AvgIpc) is 2.99. The Kier molecular flexibility index (Phi) is 7.25. The number of pyridine rings is 1.